The summed E-state index contributed by atoms with van der Waals surface area (Å²) in [6, 6.07) is 8.38. The first-order valence-electron chi connectivity index (χ1n) is 7.37. The third-order valence-corrected chi connectivity index (χ3v) is 4.38. The molecule has 0 bridgehead atoms. The van der Waals surface area contributed by atoms with Gasteiger partial charge in [0.2, 0.25) is 5.91 Å². The van der Waals surface area contributed by atoms with E-state index in [2.05, 4.69) is 35.5 Å². The number of nitrogens with zero attached hydrogens (tertiary/aromatic N) is 1. The van der Waals surface area contributed by atoms with E-state index in [0.717, 1.165) is 32.4 Å². The lowest BCUT2D eigenvalue weighted by Crippen LogP contribution is -2.35. The van der Waals surface area contributed by atoms with Crippen molar-refractivity contribution in [1.82, 2.24) is 9.88 Å². The number of nitrogens with one attached hydrogen (secondary N) is 1. The predicted molar refractivity (Wildman–Crippen MR) is 80.2 cm³/mol. The van der Waals surface area contributed by atoms with Gasteiger partial charge in [-0.3, -0.25) is 4.79 Å². The Kier molecular flexibility index (Phi) is 2.66. The van der Waals surface area contributed by atoms with Crippen molar-refractivity contribution < 1.29 is 4.79 Å². The van der Waals surface area contributed by atoms with Gasteiger partial charge in [-0.2, -0.15) is 0 Å². The Morgan fingerprint density at radius 3 is 2.85 bits per heavy atom. The molecule has 1 aromatic carbocycles. The van der Waals surface area contributed by atoms with Crippen LogP contribution in [-0.2, 0) is 4.79 Å². The van der Waals surface area contributed by atoms with Crippen LogP contribution in [0.25, 0.3) is 16.5 Å². The first kappa shape index (κ1) is 11.8. The topological polar surface area (TPSA) is 36.1 Å². The van der Waals surface area contributed by atoms with Gasteiger partial charge in [0.05, 0.1) is 0 Å². The molecule has 3 heteroatoms. The van der Waals surface area contributed by atoms with E-state index >= 15 is 0 Å². The third-order valence-electron chi connectivity index (χ3n) is 4.38. The molecule has 3 nitrogen and oxygen atoms in total. The van der Waals surface area contributed by atoms with E-state index in [1.165, 1.54) is 22.0 Å². The molecule has 20 heavy (non-hydrogen) atoms. The zero-order valence-electron chi connectivity index (χ0n) is 11.4. The number of aromatic nitrogens is 1. The second-order valence-electron chi connectivity index (χ2n) is 5.79. The maximum atomic E-state index is 12.1. The molecule has 2 heterocycles. The van der Waals surface area contributed by atoms with Crippen molar-refractivity contribution in [2.45, 2.75) is 19.3 Å². The maximum Gasteiger partial charge on any atom is 0.225 e. The van der Waals surface area contributed by atoms with Crippen LogP contribution in [-0.4, -0.2) is 28.9 Å². The quantitative estimate of drug-likeness (QED) is 0.890. The molecule has 2 aromatic rings. The molecule has 1 aromatic heterocycles. The molecular weight excluding hydrogens is 248 g/mol. The summed E-state index contributed by atoms with van der Waals surface area (Å²) in [5, 5.41) is 1.28. The number of para-hydroxylation sites is 1. The zero-order valence-corrected chi connectivity index (χ0v) is 11.4. The third kappa shape index (κ3) is 1.94. The number of fused-ring (bicyclic) bond motifs is 1. The number of aromatic amines is 1. The molecule has 1 fully saturated rings. The highest BCUT2D eigenvalue weighted by atomic mass is 16.2. The van der Waals surface area contributed by atoms with Crippen LogP contribution in [0.4, 0.5) is 0 Å². The summed E-state index contributed by atoms with van der Waals surface area (Å²) in [4.78, 5) is 17.4. The smallest absolute Gasteiger partial charge is 0.225 e. The predicted octanol–water partition coefficient (Wildman–Crippen LogP) is 3.19. The molecule has 0 saturated heterocycles. The first-order chi connectivity index (χ1) is 9.83. The lowest BCUT2D eigenvalue weighted by atomic mass is 9.99. The van der Waals surface area contributed by atoms with Crippen LogP contribution in [0.3, 0.4) is 0 Å². The highest BCUT2D eigenvalue weighted by molar-refractivity contribution is 5.93. The van der Waals surface area contributed by atoms with Crippen LogP contribution in [0.1, 0.15) is 24.8 Å². The van der Waals surface area contributed by atoms with Crippen molar-refractivity contribution in [1.29, 1.82) is 0 Å². The number of hydrogen-bond acceptors (Lipinski definition) is 1. The van der Waals surface area contributed by atoms with E-state index in [-0.39, 0.29) is 0 Å². The van der Waals surface area contributed by atoms with Gasteiger partial charge in [0.25, 0.3) is 0 Å². The zero-order chi connectivity index (χ0) is 13.5. The van der Waals surface area contributed by atoms with E-state index < -0.39 is 0 Å². The van der Waals surface area contributed by atoms with E-state index in [9.17, 15) is 4.79 Å². The van der Waals surface area contributed by atoms with Gasteiger partial charge >= 0.3 is 0 Å². The molecule has 0 atom stereocenters. The number of amides is 1. The lowest BCUT2D eigenvalue weighted by Gasteiger charge is -2.26. The van der Waals surface area contributed by atoms with Crippen LogP contribution in [0, 0.1) is 5.92 Å². The molecule has 1 amide bonds. The van der Waals surface area contributed by atoms with Gasteiger partial charge in [-0.25, -0.2) is 0 Å². The second kappa shape index (κ2) is 4.51. The Morgan fingerprint density at radius 1 is 1.25 bits per heavy atom. The van der Waals surface area contributed by atoms with E-state index in [4.69, 9.17) is 0 Å². The molecule has 1 N–H and O–H groups in total. The summed E-state index contributed by atoms with van der Waals surface area (Å²) < 4.78 is 0. The fourth-order valence-corrected chi connectivity index (χ4v) is 3.04. The molecule has 0 radical (unpaired) electrons. The monoisotopic (exact) mass is 266 g/mol. The van der Waals surface area contributed by atoms with Gasteiger partial charge in [-0.1, -0.05) is 24.3 Å². The minimum atomic E-state index is 0.332. The van der Waals surface area contributed by atoms with Gasteiger partial charge in [0.1, 0.15) is 0 Å². The molecule has 0 spiro atoms. The van der Waals surface area contributed by atoms with Crippen molar-refractivity contribution in [3.05, 3.63) is 42.1 Å². The van der Waals surface area contributed by atoms with E-state index in [1.807, 2.05) is 11.0 Å². The van der Waals surface area contributed by atoms with Gasteiger partial charge in [0, 0.05) is 41.7 Å². The number of carbonyl (C=O) groups excluding carboxylic acids is 1. The minimum absolute atomic E-state index is 0.332. The van der Waals surface area contributed by atoms with Gasteiger partial charge in [-0.15, -0.1) is 0 Å². The normalized spacial score (nSPS) is 19.2. The summed E-state index contributed by atoms with van der Waals surface area (Å²) in [5.74, 6) is 0.692. The SMILES string of the molecule is O=C(C1CC1)N1CC=C(c2c[nH]c3ccccc23)CC1. The largest absolute Gasteiger partial charge is 0.361 e. The molecule has 0 unspecified atom stereocenters. The van der Waals surface area contributed by atoms with Crippen LogP contribution < -0.4 is 0 Å². The lowest BCUT2D eigenvalue weighted by molar-refractivity contribution is -0.132. The highest BCUT2D eigenvalue weighted by Crippen LogP contribution is 2.33. The van der Waals surface area contributed by atoms with Gasteiger partial charge < -0.3 is 9.88 Å². The van der Waals surface area contributed by atoms with Gasteiger partial charge in [-0.05, 0) is 30.9 Å². The fourth-order valence-electron chi connectivity index (χ4n) is 3.04. The Labute approximate surface area is 118 Å². The van der Waals surface area contributed by atoms with Gasteiger partial charge in [0.15, 0.2) is 0 Å². The molecule has 1 aliphatic heterocycles. The van der Waals surface area contributed by atoms with Crippen molar-refractivity contribution >= 4 is 22.4 Å². The summed E-state index contributed by atoms with van der Waals surface area (Å²) in [6.07, 6.45) is 7.46. The Hall–Kier alpha value is -2.03. The number of carbonyl (C=O) groups is 1. The van der Waals surface area contributed by atoms with Crippen LogP contribution >= 0.6 is 0 Å². The van der Waals surface area contributed by atoms with Crippen molar-refractivity contribution in [2.24, 2.45) is 5.92 Å². The summed E-state index contributed by atoms with van der Waals surface area (Å²) >= 11 is 0. The molecule has 4 rings (SSSR count). The Balaban J connectivity index is 1.59. The average Bonchev–Trinajstić information content (AvgIpc) is 3.26. The maximum absolute atomic E-state index is 12.1. The van der Waals surface area contributed by atoms with Crippen molar-refractivity contribution in [3.8, 4) is 0 Å². The minimum Gasteiger partial charge on any atom is -0.361 e. The molecule has 2 aliphatic rings. The standard InChI is InChI=1S/C17H18N2O/c20-17(13-5-6-13)19-9-7-12(8-10-19)15-11-18-16-4-2-1-3-14(15)16/h1-4,7,11,13,18H,5-6,8-10H2. The number of H-pyrrole nitrogens is 1. The fraction of sp³-hybridized carbons (Fsp3) is 0.353. The second-order valence-corrected chi connectivity index (χ2v) is 5.79. The molecule has 102 valence electrons. The van der Waals surface area contributed by atoms with Crippen LogP contribution in [0.2, 0.25) is 0 Å². The first-order valence-corrected chi connectivity index (χ1v) is 7.37. The molecular formula is C17H18N2O. The number of hydrogen-bond donors (Lipinski definition) is 1. The molecule has 1 aliphatic carbocycles. The summed E-state index contributed by atoms with van der Waals surface area (Å²) in [6.45, 7) is 1.63. The van der Waals surface area contributed by atoms with Crippen molar-refractivity contribution in [2.75, 3.05) is 13.1 Å². The van der Waals surface area contributed by atoms with E-state index in [0.29, 0.717) is 11.8 Å². The average molecular weight is 266 g/mol. The summed E-state index contributed by atoms with van der Waals surface area (Å²) in [7, 11) is 0. The Bertz CT molecular complexity index is 694. The van der Waals surface area contributed by atoms with Crippen LogP contribution in [0.5, 0.6) is 0 Å². The highest BCUT2D eigenvalue weighted by Gasteiger charge is 2.33. The number of benzene rings is 1. The Morgan fingerprint density at radius 2 is 2.10 bits per heavy atom. The van der Waals surface area contributed by atoms with Crippen LogP contribution in [0.15, 0.2) is 36.5 Å². The van der Waals surface area contributed by atoms with E-state index in [1.54, 1.807) is 0 Å². The van der Waals surface area contributed by atoms with Crippen molar-refractivity contribution in [3.63, 3.8) is 0 Å². The number of rotatable bonds is 2. The summed E-state index contributed by atoms with van der Waals surface area (Å²) in [5.41, 5.74) is 3.83. The molecule has 1 saturated carbocycles.